The fraction of sp³-hybridized carbons (Fsp3) is 0.0526. The second kappa shape index (κ2) is 13.4. The first-order valence-corrected chi connectivity index (χ1v) is 21.5. The summed E-state index contributed by atoms with van der Waals surface area (Å²) < 4.78 is 8.84. The summed E-state index contributed by atoms with van der Waals surface area (Å²) in [4.78, 5) is 2.41. The molecule has 2 heterocycles. The number of furan rings is 1. The van der Waals surface area contributed by atoms with Crippen molar-refractivity contribution in [2.75, 3.05) is 4.90 Å². The maximum Gasteiger partial charge on any atom is 0.135 e. The molecule has 0 aliphatic heterocycles. The summed E-state index contributed by atoms with van der Waals surface area (Å²) in [6.07, 6.45) is 0. The molecule has 11 aromatic rings. The normalized spacial score (nSPS) is 13.0. The van der Waals surface area contributed by atoms with Crippen LogP contribution in [0.25, 0.3) is 86.6 Å². The van der Waals surface area contributed by atoms with Crippen LogP contribution in [0.4, 0.5) is 17.1 Å². The third-order valence-electron chi connectivity index (χ3n) is 12.7. The zero-order valence-corrected chi connectivity index (χ0v) is 34.1. The molecular formula is C57H39NOS. The van der Waals surface area contributed by atoms with Gasteiger partial charge in [-0.1, -0.05) is 141 Å². The van der Waals surface area contributed by atoms with E-state index in [4.69, 9.17) is 4.42 Å². The first kappa shape index (κ1) is 34.8. The summed E-state index contributed by atoms with van der Waals surface area (Å²) in [6, 6.07) is 73.2. The summed E-state index contributed by atoms with van der Waals surface area (Å²) >= 11 is 1.87. The highest BCUT2D eigenvalue weighted by Gasteiger charge is 2.35. The molecule has 2 nitrogen and oxygen atoms in total. The minimum atomic E-state index is -0.105. The van der Waals surface area contributed by atoms with Crippen LogP contribution >= 0.6 is 11.3 Å². The Kier molecular flexibility index (Phi) is 7.79. The lowest BCUT2D eigenvalue weighted by molar-refractivity contribution is 0.660. The third kappa shape index (κ3) is 5.47. The maximum absolute atomic E-state index is 6.24. The van der Waals surface area contributed by atoms with Crippen molar-refractivity contribution < 1.29 is 4.42 Å². The van der Waals surface area contributed by atoms with Gasteiger partial charge in [-0.15, -0.1) is 11.3 Å². The Bertz CT molecular complexity index is 3440. The van der Waals surface area contributed by atoms with E-state index in [2.05, 4.69) is 213 Å². The minimum absolute atomic E-state index is 0.105. The summed E-state index contributed by atoms with van der Waals surface area (Å²) in [5, 5.41) is 4.86. The molecule has 60 heavy (non-hydrogen) atoms. The maximum atomic E-state index is 6.24. The second-order valence-electron chi connectivity index (χ2n) is 16.5. The lowest BCUT2D eigenvalue weighted by atomic mass is 9.82. The monoisotopic (exact) mass is 785 g/mol. The van der Waals surface area contributed by atoms with Crippen molar-refractivity contribution >= 4 is 70.5 Å². The highest BCUT2D eigenvalue weighted by Crippen LogP contribution is 2.51. The summed E-state index contributed by atoms with van der Waals surface area (Å²) in [6.45, 7) is 4.71. The quantitative estimate of drug-likeness (QED) is 0.167. The van der Waals surface area contributed by atoms with Gasteiger partial charge in [0.05, 0.1) is 0 Å². The Hall–Kier alpha value is -7.20. The molecule has 0 radical (unpaired) electrons. The van der Waals surface area contributed by atoms with Crippen molar-refractivity contribution in [3.63, 3.8) is 0 Å². The third-order valence-corrected chi connectivity index (χ3v) is 13.9. The lowest BCUT2D eigenvalue weighted by Crippen LogP contribution is -2.16. The molecule has 284 valence electrons. The van der Waals surface area contributed by atoms with Gasteiger partial charge in [-0.05, 0) is 123 Å². The van der Waals surface area contributed by atoms with E-state index in [0.717, 1.165) is 39.0 Å². The Morgan fingerprint density at radius 2 is 0.967 bits per heavy atom. The van der Waals surface area contributed by atoms with Gasteiger partial charge in [0.1, 0.15) is 11.2 Å². The first-order valence-electron chi connectivity index (χ1n) is 20.7. The average molecular weight is 786 g/mol. The van der Waals surface area contributed by atoms with Gasteiger partial charge < -0.3 is 9.32 Å². The van der Waals surface area contributed by atoms with Crippen LogP contribution in [0, 0.1) is 0 Å². The van der Waals surface area contributed by atoms with Crippen molar-refractivity contribution in [1.82, 2.24) is 0 Å². The molecule has 9 aromatic carbocycles. The van der Waals surface area contributed by atoms with Crippen LogP contribution in [0.3, 0.4) is 0 Å². The highest BCUT2D eigenvalue weighted by atomic mass is 32.1. The number of para-hydroxylation sites is 1. The molecule has 1 aliphatic rings. The molecule has 0 spiro atoms. The minimum Gasteiger partial charge on any atom is -0.456 e. The number of fused-ring (bicyclic) bond motifs is 9. The van der Waals surface area contributed by atoms with E-state index in [0.29, 0.717) is 0 Å². The van der Waals surface area contributed by atoms with Gasteiger partial charge in [0.25, 0.3) is 0 Å². The molecule has 1 aliphatic carbocycles. The number of benzene rings is 9. The van der Waals surface area contributed by atoms with Gasteiger partial charge in [-0.25, -0.2) is 0 Å². The van der Waals surface area contributed by atoms with Gasteiger partial charge >= 0.3 is 0 Å². The average Bonchev–Trinajstić information content (AvgIpc) is 3.94. The predicted octanol–water partition coefficient (Wildman–Crippen LogP) is 16.7. The molecule has 0 unspecified atom stereocenters. The molecule has 3 heteroatoms. The van der Waals surface area contributed by atoms with Gasteiger partial charge in [-0.2, -0.15) is 0 Å². The fourth-order valence-electron chi connectivity index (χ4n) is 9.62. The fourth-order valence-corrected chi connectivity index (χ4v) is 10.8. The van der Waals surface area contributed by atoms with Gasteiger partial charge in [0.15, 0.2) is 0 Å². The van der Waals surface area contributed by atoms with Gasteiger partial charge in [0, 0.05) is 59.0 Å². The van der Waals surface area contributed by atoms with Gasteiger partial charge in [-0.3, -0.25) is 0 Å². The van der Waals surface area contributed by atoms with E-state index in [1.54, 1.807) is 0 Å². The number of hydrogen-bond donors (Lipinski definition) is 0. The number of rotatable bonds is 6. The SMILES string of the molecule is CC1(C)c2ccccc2-c2ccc(N(c3ccc(-c4ccccc4)cc3)c3ccc(-c4cc(-c5ccc6oc7ccccc7c6c5)c5sc6ccccc6c5c4)cc3)cc21. The Morgan fingerprint density at radius 3 is 1.77 bits per heavy atom. The smallest absolute Gasteiger partial charge is 0.135 e. The summed E-state index contributed by atoms with van der Waals surface area (Å²) in [5.41, 5.74) is 17.7. The molecule has 0 amide bonds. The van der Waals surface area contributed by atoms with Crippen molar-refractivity contribution in [2.45, 2.75) is 19.3 Å². The Morgan fingerprint density at radius 1 is 0.383 bits per heavy atom. The van der Waals surface area contributed by atoms with E-state index in [9.17, 15) is 0 Å². The molecule has 0 N–H and O–H groups in total. The van der Waals surface area contributed by atoms with E-state index >= 15 is 0 Å². The van der Waals surface area contributed by atoms with E-state index in [-0.39, 0.29) is 5.41 Å². The van der Waals surface area contributed by atoms with Crippen molar-refractivity contribution in [3.05, 3.63) is 211 Å². The molecule has 0 saturated carbocycles. The molecular weight excluding hydrogens is 747 g/mol. The van der Waals surface area contributed by atoms with Crippen LogP contribution in [0.2, 0.25) is 0 Å². The largest absolute Gasteiger partial charge is 0.456 e. The number of nitrogens with zero attached hydrogens (tertiary/aromatic N) is 1. The van der Waals surface area contributed by atoms with Crippen LogP contribution in [0.5, 0.6) is 0 Å². The van der Waals surface area contributed by atoms with Crippen LogP contribution in [-0.2, 0) is 5.41 Å². The van der Waals surface area contributed by atoms with E-state index in [1.165, 1.54) is 75.8 Å². The highest BCUT2D eigenvalue weighted by molar-refractivity contribution is 7.26. The zero-order chi connectivity index (χ0) is 40.0. The standard InChI is InChI=1S/C57H39NOS/c1-57(2)51-17-9-6-14-44(51)45-30-29-43(35-52(45)57)58(41-25-20-37(21-26-41)36-12-4-3-5-13-36)42-27-22-38(23-28-42)40-33-48(56-50(34-40)47-16-8-11-19-55(47)60-56)39-24-31-54-49(32-39)46-15-7-10-18-53(46)59-54/h3-35H,1-2H3. The van der Waals surface area contributed by atoms with Crippen molar-refractivity contribution in [3.8, 4) is 44.5 Å². The van der Waals surface area contributed by atoms with E-state index in [1.807, 2.05) is 17.4 Å². The number of thiophene rings is 1. The number of hydrogen-bond acceptors (Lipinski definition) is 3. The Balaban J connectivity index is 0.992. The molecule has 0 atom stereocenters. The summed E-state index contributed by atoms with van der Waals surface area (Å²) in [5.74, 6) is 0. The molecule has 12 rings (SSSR count). The molecule has 2 aromatic heterocycles. The topological polar surface area (TPSA) is 16.4 Å². The Labute approximate surface area is 353 Å². The lowest BCUT2D eigenvalue weighted by Gasteiger charge is -2.28. The molecule has 0 fully saturated rings. The van der Waals surface area contributed by atoms with Crippen molar-refractivity contribution in [2.24, 2.45) is 0 Å². The zero-order valence-electron chi connectivity index (χ0n) is 33.3. The predicted molar refractivity (Wildman–Crippen MR) is 255 cm³/mol. The van der Waals surface area contributed by atoms with Crippen molar-refractivity contribution in [1.29, 1.82) is 0 Å². The van der Waals surface area contributed by atoms with Crippen LogP contribution < -0.4 is 4.90 Å². The second-order valence-corrected chi connectivity index (χ2v) is 17.6. The first-order chi connectivity index (χ1) is 29.5. The number of anilines is 3. The van der Waals surface area contributed by atoms with E-state index < -0.39 is 0 Å². The molecule has 0 bridgehead atoms. The van der Waals surface area contributed by atoms with Gasteiger partial charge in [0.2, 0.25) is 0 Å². The molecule has 0 saturated heterocycles. The van der Waals surface area contributed by atoms with Crippen LogP contribution in [-0.4, -0.2) is 0 Å². The summed E-state index contributed by atoms with van der Waals surface area (Å²) in [7, 11) is 0. The van der Waals surface area contributed by atoms with Crippen LogP contribution in [0.15, 0.2) is 205 Å². The van der Waals surface area contributed by atoms with Crippen LogP contribution in [0.1, 0.15) is 25.0 Å².